The first-order chi connectivity index (χ1) is 10.0. The van der Waals surface area contributed by atoms with Crippen molar-refractivity contribution in [2.75, 3.05) is 27.1 Å². The number of allylic oxidation sites excluding steroid dienone is 1. The lowest BCUT2D eigenvalue weighted by Crippen LogP contribution is -2.09. The van der Waals surface area contributed by atoms with E-state index in [-0.39, 0.29) is 18.4 Å². The van der Waals surface area contributed by atoms with Crippen LogP contribution in [0.1, 0.15) is 29.8 Å². The van der Waals surface area contributed by atoms with E-state index < -0.39 is 0 Å². The first kappa shape index (κ1) is 17.1. The maximum absolute atomic E-state index is 11.7. The van der Waals surface area contributed by atoms with Gasteiger partial charge in [0.1, 0.15) is 5.75 Å². The van der Waals surface area contributed by atoms with E-state index in [2.05, 4.69) is 0 Å². The first-order valence-electron chi connectivity index (χ1n) is 6.57. The monoisotopic (exact) mass is 292 g/mol. The summed E-state index contributed by atoms with van der Waals surface area (Å²) in [4.78, 5) is 22.6. The van der Waals surface area contributed by atoms with Crippen molar-refractivity contribution in [3.05, 3.63) is 35.4 Å². The van der Waals surface area contributed by atoms with Gasteiger partial charge in [0.2, 0.25) is 0 Å². The summed E-state index contributed by atoms with van der Waals surface area (Å²) < 4.78 is 15.5. The van der Waals surface area contributed by atoms with E-state index in [0.717, 1.165) is 5.56 Å². The molecule has 0 fully saturated rings. The van der Waals surface area contributed by atoms with Gasteiger partial charge in [0.25, 0.3) is 0 Å². The van der Waals surface area contributed by atoms with Crippen LogP contribution in [0.25, 0.3) is 6.08 Å². The van der Waals surface area contributed by atoms with Crippen LogP contribution < -0.4 is 4.74 Å². The molecule has 0 aliphatic rings. The van der Waals surface area contributed by atoms with Crippen LogP contribution in [-0.2, 0) is 14.3 Å². The molecule has 0 spiro atoms. The highest BCUT2D eigenvalue weighted by Gasteiger charge is 2.09. The second-order valence-electron chi connectivity index (χ2n) is 4.42. The molecule has 0 bridgehead atoms. The van der Waals surface area contributed by atoms with Crippen LogP contribution in [-0.4, -0.2) is 38.7 Å². The van der Waals surface area contributed by atoms with Crippen LogP contribution in [0.4, 0.5) is 0 Å². The minimum atomic E-state index is -0.111. The van der Waals surface area contributed by atoms with Crippen LogP contribution in [0.2, 0.25) is 0 Å². The van der Waals surface area contributed by atoms with Gasteiger partial charge in [0, 0.05) is 7.11 Å². The van der Waals surface area contributed by atoms with Crippen LogP contribution in [0.3, 0.4) is 0 Å². The minimum Gasteiger partial charge on any atom is -0.467 e. The molecule has 0 radical (unpaired) electrons. The molecule has 0 saturated heterocycles. The van der Waals surface area contributed by atoms with E-state index in [1.165, 1.54) is 19.9 Å². The molecule has 0 amide bonds. The van der Waals surface area contributed by atoms with E-state index in [0.29, 0.717) is 24.5 Å². The number of rotatable bonds is 9. The summed E-state index contributed by atoms with van der Waals surface area (Å²) in [6, 6.07) is 5.15. The summed E-state index contributed by atoms with van der Waals surface area (Å²) in [7, 11) is 1.59. The number of hydrogen-bond acceptors (Lipinski definition) is 5. The van der Waals surface area contributed by atoms with Gasteiger partial charge in [-0.1, -0.05) is 12.1 Å². The molecule has 0 aliphatic heterocycles. The highest BCUT2D eigenvalue weighted by molar-refractivity contribution is 5.98. The normalized spacial score (nSPS) is 10.8. The highest BCUT2D eigenvalue weighted by atomic mass is 16.7. The number of methoxy groups -OCH3 is 1. The highest BCUT2D eigenvalue weighted by Crippen LogP contribution is 2.21. The molecular formula is C16H20O5. The van der Waals surface area contributed by atoms with E-state index >= 15 is 0 Å². The number of carbonyl (C=O) groups excluding carboxylic acids is 2. The molecule has 0 aliphatic carbocycles. The number of ketones is 2. The molecule has 1 aromatic rings. The van der Waals surface area contributed by atoms with E-state index in [1.807, 2.05) is 0 Å². The van der Waals surface area contributed by atoms with E-state index in [9.17, 15) is 9.59 Å². The summed E-state index contributed by atoms with van der Waals surface area (Å²) in [6.45, 7) is 3.89. The van der Waals surface area contributed by atoms with Gasteiger partial charge in [-0.3, -0.25) is 9.59 Å². The number of hydrogen-bond donors (Lipinski definition) is 0. The predicted octanol–water partition coefficient (Wildman–Crippen LogP) is 2.49. The van der Waals surface area contributed by atoms with Gasteiger partial charge in [0.15, 0.2) is 18.4 Å². The van der Waals surface area contributed by atoms with Gasteiger partial charge in [-0.15, -0.1) is 0 Å². The molecule has 0 unspecified atom stereocenters. The number of ether oxygens (including phenoxy) is 3. The summed E-state index contributed by atoms with van der Waals surface area (Å²) in [5.41, 5.74) is 1.22. The van der Waals surface area contributed by atoms with Crippen molar-refractivity contribution >= 4 is 17.6 Å². The standard InChI is InChI=1S/C16H20O5/c1-12(17)4-5-14-6-7-16(15(10-14)13(2)18)21-11-20-9-8-19-3/h4-7,10H,8-9,11H2,1-3H3. The zero-order valence-corrected chi connectivity index (χ0v) is 12.5. The number of Topliss-reactive ketones (excluding diaryl/α,β-unsaturated/α-hetero) is 1. The predicted molar refractivity (Wildman–Crippen MR) is 79.5 cm³/mol. The summed E-state index contributed by atoms with van der Waals surface area (Å²) in [5, 5.41) is 0. The maximum atomic E-state index is 11.7. The SMILES string of the molecule is COCCOCOc1ccc(C=CC(C)=O)cc1C(C)=O. The molecule has 0 aromatic heterocycles. The lowest BCUT2D eigenvalue weighted by atomic mass is 10.1. The quantitative estimate of drug-likeness (QED) is 0.303. The van der Waals surface area contributed by atoms with Crippen molar-refractivity contribution in [2.45, 2.75) is 13.8 Å². The molecular weight excluding hydrogens is 272 g/mol. The van der Waals surface area contributed by atoms with Crippen molar-refractivity contribution in [1.29, 1.82) is 0 Å². The topological polar surface area (TPSA) is 61.8 Å². The molecule has 1 rings (SSSR count). The van der Waals surface area contributed by atoms with E-state index in [4.69, 9.17) is 14.2 Å². The Morgan fingerprint density at radius 2 is 1.95 bits per heavy atom. The van der Waals surface area contributed by atoms with Gasteiger partial charge in [0.05, 0.1) is 18.8 Å². The second kappa shape index (κ2) is 9.05. The minimum absolute atomic E-state index is 0.0479. The first-order valence-corrected chi connectivity index (χ1v) is 6.57. The summed E-state index contributed by atoms with van der Waals surface area (Å²) in [6.07, 6.45) is 3.11. The molecule has 0 N–H and O–H groups in total. The largest absolute Gasteiger partial charge is 0.467 e. The maximum Gasteiger partial charge on any atom is 0.189 e. The van der Waals surface area contributed by atoms with Crippen molar-refractivity contribution in [1.82, 2.24) is 0 Å². The lowest BCUT2D eigenvalue weighted by molar-refractivity contribution is -0.112. The molecule has 114 valence electrons. The fraction of sp³-hybridized carbons (Fsp3) is 0.375. The van der Waals surface area contributed by atoms with Gasteiger partial charge in [-0.25, -0.2) is 0 Å². The Hall–Kier alpha value is -1.98. The molecule has 0 heterocycles. The van der Waals surface area contributed by atoms with Crippen molar-refractivity contribution in [2.24, 2.45) is 0 Å². The third-order valence-corrected chi connectivity index (χ3v) is 2.62. The lowest BCUT2D eigenvalue weighted by Gasteiger charge is -2.11. The summed E-state index contributed by atoms with van der Waals surface area (Å²) >= 11 is 0. The Balaban J connectivity index is 2.75. The zero-order chi connectivity index (χ0) is 15.7. The molecule has 0 atom stereocenters. The van der Waals surface area contributed by atoms with Crippen molar-refractivity contribution in [3.63, 3.8) is 0 Å². The Kier molecular flexibility index (Phi) is 7.36. The Morgan fingerprint density at radius 3 is 2.57 bits per heavy atom. The average molecular weight is 292 g/mol. The number of carbonyl (C=O) groups is 2. The van der Waals surface area contributed by atoms with Gasteiger partial charge in [-0.05, 0) is 37.6 Å². The number of benzene rings is 1. The second-order valence-corrected chi connectivity index (χ2v) is 4.42. The van der Waals surface area contributed by atoms with Crippen LogP contribution in [0.15, 0.2) is 24.3 Å². The Morgan fingerprint density at radius 1 is 1.19 bits per heavy atom. The third-order valence-electron chi connectivity index (χ3n) is 2.62. The van der Waals surface area contributed by atoms with Crippen LogP contribution >= 0.6 is 0 Å². The molecule has 21 heavy (non-hydrogen) atoms. The molecule has 1 aromatic carbocycles. The third kappa shape index (κ3) is 6.33. The van der Waals surface area contributed by atoms with Crippen molar-refractivity contribution in [3.8, 4) is 5.75 Å². The summed E-state index contributed by atoms with van der Waals surface area (Å²) in [5.74, 6) is 0.297. The van der Waals surface area contributed by atoms with Gasteiger partial charge >= 0.3 is 0 Å². The Labute approximate surface area is 124 Å². The average Bonchev–Trinajstić information content (AvgIpc) is 2.45. The fourth-order valence-corrected chi connectivity index (χ4v) is 1.57. The smallest absolute Gasteiger partial charge is 0.189 e. The molecule has 5 nitrogen and oxygen atoms in total. The van der Waals surface area contributed by atoms with Gasteiger partial charge in [-0.2, -0.15) is 0 Å². The van der Waals surface area contributed by atoms with Crippen molar-refractivity contribution < 1.29 is 23.8 Å². The molecule has 5 heteroatoms. The van der Waals surface area contributed by atoms with Gasteiger partial charge < -0.3 is 14.2 Å². The Bertz CT molecular complexity index is 519. The van der Waals surface area contributed by atoms with Crippen LogP contribution in [0.5, 0.6) is 5.75 Å². The molecule has 0 saturated carbocycles. The van der Waals surface area contributed by atoms with Crippen LogP contribution in [0, 0.1) is 0 Å². The fourth-order valence-electron chi connectivity index (χ4n) is 1.57. The van der Waals surface area contributed by atoms with E-state index in [1.54, 1.807) is 31.4 Å². The zero-order valence-electron chi connectivity index (χ0n) is 12.5.